The molecule has 0 spiro atoms. The van der Waals surface area contributed by atoms with E-state index in [1.807, 2.05) is 18.7 Å². The second-order valence-electron chi connectivity index (χ2n) is 6.49. The Balaban J connectivity index is 1.92. The van der Waals surface area contributed by atoms with Crippen molar-refractivity contribution in [3.63, 3.8) is 0 Å². The molecular formula is C18H26FNO3. The zero-order valence-corrected chi connectivity index (χ0v) is 14.2. The van der Waals surface area contributed by atoms with Crippen molar-refractivity contribution in [1.82, 2.24) is 4.90 Å². The van der Waals surface area contributed by atoms with E-state index < -0.39 is 5.41 Å². The minimum atomic E-state index is -0.655. The number of methoxy groups -OCH3 is 1. The molecule has 0 aliphatic carbocycles. The first kappa shape index (κ1) is 17.9. The van der Waals surface area contributed by atoms with Crippen LogP contribution < -0.4 is 0 Å². The van der Waals surface area contributed by atoms with E-state index in [0.717, 1.165) is 18.4 Å². The molecule has 5 heteroatoms. The number of rotatable bonds is 6. The van der Waals surface area contributed by atoms with Crippen LogP contribution in [0, 0.1) is 5.82 Å². The number of halogens is 1. The Hall–Kier alpha value is -1.46. The molecule has 1 heterocycles. The highest BCUT2D eigenvalue weighted by Crippen LogP contribution is 2.28. The molecule has 4 nitrogen and oxygen atoms in total. The Morgan fingerprint density at radius 3 is 2.39 bits per heavy atom. The van der Waals surface area contributed by atoms with Gasteiger partial charge >= 0.3 is 0 Å². The maximum Gasteiger partial charge on any atom is 0.232 e. The van der Waals surface area contributed by atoms with Crippen LogP contribution in [0.2, 0.25) is 0 Å². The van der Waals surface area contributed by atoms with Crippen molar-refractivity contribution < 1.29 is 18.7 Å². The van der Waals surface area contributed by atoms with Crippen molar-refractivity contribution >= 4 is 5.91 Å². The molecule has 23 heavy (non-hydrogen) atoms. The van der Waals surface area contributed by atoms with Crippen molar-refractivity contribution in [3.05, 3.63) is 35.6 Å². The molecular weight excluding hydrogens is 297 g/mol. The molecule has 0 radical (unpaired) electrons. The number of piperidine rings is 1. The lowest BCUT2D eigenvalue weighted by Crippen LogP contribution is -2.48. The summed E-state index contributed by atoms with van der Waals surface area (Å²) >= 11 is 0. The van der Waals surface area contributed by atoms with Gasteiger partial charge in [-0.1, -0.05) is 12.1 Å². The van der Waals surface area contributed by atoms with Crippen LogP contribution in [0.5, 0.6) is 0 Å². The highest BCUT2D eigenvalue weighted by atomic mass is 19.1. The molecule has 0 unspecified atom stereocenters. The lowest BCUT2D eigenvalue weighted by Gasteiger charge is -2.37. The monoisotopic (exact) mass is 323 g/mol. The summed E-state index contributed by atoms with van der Waals surface area (Å²) < 4.78 is 23.8. The molecule has 0 N–H and O–H groups in total. The zero-order valence-electron chi connectivity index (χ0n) is 14.2. The van der Waals surface area contributed by atoms with Gasteiger partial charge in [0, 0.05) is 20.2 Å². The van der Waals surface area contributed by atoms with E-state index in [-0.39, 0.29) is 17.8 Å². The Morgan fingerprint density at radius 2 is 1.83 bits per heavy atom. The van der Waals surface area contributed by atoms with Gasteiger partial charge in [-0.25, -0.2) is 4.39 Å². The van der Waals surface area contributed by atoms with Gasteiger partial charge in [-0.05, 0) is 44.4 Å². The number of hydrogen-bond acceptors (Lipinski definition) is 3. The van der Waals surface area contributed by atoms with Crippen LogP contribution in [0.25, 0.3) is 0 Å². The van der Waals surface area contributed by atoms with Crippen molar-refractivity contribution in [2.75, 3.05) is 33.4 Å². The van der Waals surface area contributed by atoms with Gasteiger partial charge < -0.3 is 14.4 Å². The number of likely N-dealkylation sites (tertiary alicyclic amines) is 1. The molecule has 128 valence electrons. The summed E-state index contributed by atoms with van der Waals surface area (Å²) in [5.41, 5.74) is 0.180. The molecule has 1 aliphatic heterocycles. The third-order valence-electron chi connectivity index (χ3n) is 4.47. The summed E-state index contributed by atoms with van der Waals surface area (Å²) in [4.78, 5) is 14.7. The van der Waals surface area contributed by atoms with Crippen LogP contribution >= 0.6 is 0 Å². The van der Waals surface area contributed by atoms with Gasteiger partial charge in [0.05, 0.1) is 24.7 Å². The average Bonchev–Trinajstić information content (AvgIpc) is 2.55. The number of ether oxygens (including phenoxy) is 2. The number of carbonyl (C=O) groups excluding carboxylic acids is 1. The van der Waals surface area contributed by atoms with E-state index in [1.165, 1.54) is 12.1 Å². The summed E-state index contributed by atoms with van der Waals surface area (Å²) in [5, 5.41) is 0. The maximum absolute atomic E-state index is 13.1. The van der Waals surface area contributed by atoms with Crippen molar-refractivity contribution in [3.8, 4) is 0 Å². The first-order chi connectivity index (χ1) is 10.9. The van der Waals surface area contributed by atoms with Gasteiger partial charge in [-0.2, -0.15) is 0 Å². The maximum atomic E-state index is 13.1. The van der Waals surface area contributed by atoms with Crippen LogP contribution in [0.15, 0.2) is 24.3 Å². The van der Waals surface area contributed by atoms with E-state index in [0.29, 0.717) is 26.3 Å². The predicted molar refractivity (Wildman–Crippen MR) is 86.9 cm³/mol. The van der Waals surface area contributed by atoms with Gasteiger partial charge in [0.15, 0.2) is 0 Å². The Kier molecular flexibility index (Phi) is 6.13. The normalized spacial score (nSPS) is 16.6. The van der Waals surface area contributed by atoms with Gasteiger partial charge in [0.2, 0.25) is 5.91 Å². The molecule has 1 amide bonds. The summed E-state index contributed by atoms with van der Waals surface area (Å²) in [6.07, 6.45) is 1.88. The molecule has 1 saturated heterocycles. The van der Waals surface area contributed by atoms with E-state index in [4.69, 9.17) is 9.47 Å². The van der Waals surface area contributed by atoms with Gasteiger partial charge in [-0.15, -0.1) is 0 Å². The molecule has 1 aromatic rings. The second kappa shape index (κ2) is 7.88. The molecule has 2 rings (SSSR count). The topological polar surface area (TPSA) is 38.8 Å². The van der Waals surface area contributed by atoms with E-state index >= 15 is 0 Å². The first-order valence-corrected chi connectivity index (χ1v) is 8.11. The molecule has 0 atom stereocenters. The molecule has 0 saturated carbocycles. The van der Waals surface area contributed by atoms with Crippen LogP contribution in [0.1, 0.15) is 32.3 Å². The molecule has 1 fully saturated rings. The van der Waals surface area contributed by atoms with Crippen LogP contribution in [0.4, 0.5) is 4.39 Å². The van der Waals surface area contributed by atoms with Crippen molar-refractivity contribution in [2.45, 2.75) is 38.2 Å². The van der Waals surface area contributed by atoms with Crippen LogP contribution in [-0.2, 0) is 19.7 Å². The number of amides is 1. The lowest BCUT2D eigenvalue weighted by atomic mass is 9.82. The highest BCUT2D eigenvalue weighted by molar-refractivity contribution is 5.87. The lowest BCUT2D eigenvalue weighted by molar-refractivity contribution is -0.139. The minimum absolute atomic E-state index is 0.0828. The van der Waals surface area contributed by atoms with Gasteiger partial charge in [0.25, 0.3) is 0 Å². The van der Waals surface area contributed by atoms with Crippen molar-refractivity contribution in [2.24, 2.45) is 0 Å². The fourth-order valence-corrected chi connectivity index (χ4v) is 2.91. The zero-order chi connectivity index (χ0) is 16.9. The molecule has 0 aromatic heterocycles. The van der Waals surface area contributed by atoms with Gasteiger partial charge in [-0.3, -0.25) is 4.79 Å². The summed E-state index contributed by atoms with van der Waals surface area (Å²) in [7, 11) is 1.65. The smallest absolute Gasteiger partial charge is 0.232 e. The summed E-state index contributed by atoms with van der Waals surface area (Å²) in [6.45, 7) is 6.36. The fraction of sp³-hybridized carbons (Fsp3) is 0.611. The molecule has 0 bridgehead atoms. The highest BCUT2D eigenvalue weighted by Gasteiger charge is 2.35. The number of nitrogens with zero attached hydrogens (tertiary/aromatic N) is 1. The van der Waals surface area contributed by atoms with Crippen LogP contribution in [0.3, 0.4) is 0 Å². The number of carbonyl (C=O) groups is 1. The third kappa shape index (κ3) is 4.52. The largest absolute Gasteiger partial charge is 0.382 e. The third-order valence-corrected chi connectivity index (χ3v) is 4.47. The minimum Gasteiger partial charge on any atom is -0.382 e. The van der Waals surface area contributed by atoms with Crippen LogP contribution in [-0.4, -0.2) is 50.3 Å². The quantitative estimate of drug-likeness (QED) is 0.756. The SMILES string of the molecule is COCCOC1CCN(C(=O)C(C)(C)c2ccc(F)cc2)CC1. The Labute approximate surface area is 137 Å². The van der Waals surface area contributed by atoms with E-state index in [9.17, 15) is 9.18 Å². The first-order valence-electron chi connectivity index (χ1n) is 8.11. The number of benzene rings is 1. The van der Waals surface area contributed by atoms with Gasteiger partial charge in [0.1, 0.15) is 5.82 Å². The summed E-state index contributed by atoms with van der Waals surface area (Å²) in [6, 6.07) is 6.18. The molecule has 1 aliphatic rings. The predicted octanol–water partition coefficient (Wildman–Crippen LogP) is 2.76. The number of hydrogen-bond donors (Lipinski definition) is 0. The Morgan fingerprint density at radius 1 is 1.22 bits per heavy atom. The van der Waals surface area contributed by atoms with Crippen molar-refractivity contribution in [1.29, 1.82) is 0 Å². The Bertz CT molecular complexity index is 508. The summed E-state index contributed by atoms with van der Waals surface area (Å²) in [5.74, 6) is -0.203. The van der Waals surface area contributed by atoms with E-state index in [1.54, 1.807) is 19.2 Å². The average molecular weight is 323 g/mol. The van der Waals surface area contributed by atoms with E-state index in [2.05, 4.69) is 0 Å². The second-order valence-corrected chi connectivity index (χ2v) is 6.49. The fourth-order valence-electron chi connectivity index (χ4n) is 2.91. The molecule has 1 aromatic carbocycles. The standard InChI is InChI=1S/C18H26FNO3/c1-18(2,14-4-6-15(19)7-5-14)17(21)20-10-8-16(9-11-20)23-13-12-22-3/h4-7,16H,8-13H2,1-3H3.